The Bertz CT molecular complexity index is 181. The lowest BCUT2D eigenvalue weighted by Crippen LogP contribution is -2.55. The van der Waals surface area contributed by atoms with Gasteiger partial charge in [0.2, 0.25) is 0 Å². The second-order valence-corrected chi connectivity index (χ2v) is 3.34. The lowest BCUT2D eigenvalue weighted by atomic mass is 9.78. The van der Waals surface area contributed by atoms with Gasteiger partial charge < -0.3 is 0 Å². The van der Waals surface area contributed by atoms with Gasteiger partial charge in [0.15, 0.2) is 5.41 Å². The molecule has 0 radical (unpaired) electrons. The van der Waals surface area contributed by atoms with Gasteiger partial charge in [-0.15, -0.1) is 0 Å². The van der Waals surface area contributed by atoms with Crippen molar-refractivity contribution in [3.05, 3.63) is 0 Å². The fourth-order valence-electron chi connectivity index (χ4n) is 0.942. The summed E-state index contributed by atoms with van der Waals surface area (Å²) in [6.07, 6.45) is -7.23. The smallest absolute Gasteiger partial charge is 0.252 e. The van der Waals surface area contributed by atoms with Gasteiger partial charge in [0.1, 0.15) is 6.10 Å². The summed E-state index contributed by atoms with van der Waals surface area (Å²) in [7, 11) is 0. The first-order valence-corrected chi connectivity index (χ1v) is 3.73. The second kappa shape index (κ2) is 3.62. The highest BCUT2D eigenvalue weighted by atomic mass is 19.4. The molecule has 7 heteroatoms. The SMILES string of the molecule is CC(OO)C(C)(C(C)(F)F)C(F)(F)F. The van der Waals surface area contributed by atoms with Gasteiger partial charge in [-0.25, -0.2) is 13.7 Å². The van der Waals surface area contributed by atoms with Crippen LogP contribution in [-0.2, 0) is 4.89 Å². The Morgan fingerprint density at radius 1 is 1.07 bits per heavy atom. The molecule has 1 N–H and O–H groups in total. The third kappa shape index (κ3) is 1.98. The largest absolute Gasteiger partial charge is 0.402 e. The number of hydrogen-bond donors (Lipinski definition) is 1. The molecule has 0 amide bonds. The molecule has 0 aliphatic rings. The topological polar surface area (TPSA) is 29.5 Å². The van der Waals surface area contributed by atoms with Crippen molar-refractivity contribution in [1.82, 2.24) is 0 Å². The number of rotatable bonds is 3. The normalized spacial score (nSPS) is 20.4. The van der Waals surface area contributed by atoms with Crippen molar-refractivity contribution in [3.8, 4) is 0 Å². The van der Waals surface area contributed by atoms with E-state index in [1.54, 1.807) is 0 Å². The summed E-state index contributed by atoms with van der Waals surface area (Å²) in [5.74, 6) is -4.05. The van der Waals surface area contributed by atoms with Crippen LogP contribution in [0.25, 0.3) is 0 Å². The highest BCUT2D eigenvalue weighted by Gasteiger charge is 2.67. The van der Waals surface area contributed by atoms with E-state index in [0.717, 1.165) is 6.92 Å². The van der Waals surface area contributed by atoms with E-state index in [9.17, 15) is 22.0 Å². The van der Waals surface area contributed by atoms with E-state index in [4.69, 9.17) is 5.26 Å². The van der Waals surface area contributed by atoms with Gasteiger partial charge in [-0.3, -0.25) is 5.26 Å². The minimum Gasteiger partial charge on any atom is -0.252 e. The molecule has 0 rings (SSSR count). The van der Waals surface area contributed by atoms with Crippen LogP contribution in [0.5, 0.6) is 0 Å². The molecular weight excluding hydrogens is 211 g/mol. The first-order chi connectivity index (χ1) is 5.98. The minimum absolute atomic E-state index is 0.135. The number of hydrogen-bond acceptors (Lipinski definition) is 2. The molecule has 0 saturated heterocycles. The second-order valence-electron chi connectivity index (χ2n) is 3.34. The molecule has 0 aromatic heterocycles. The summed E-state index contributed by atoms with van der Waals surface area (Å²) in [5, 5.41) is 8.06. The number of halogens is 5. The summed E-state index contributed by atoms with van der Waals surface area (Å²) in [4.78, 5) is 3.37. The maximum Gasteiger partial charge on any atom is 0.402 e. The monoisotopic (exact) mass is 222 g/mol. The highest BCUT2D eigenvalue weighted by molar-refractivity contribution is 4.96. The maximum absolute atomic E-state index is 12.8. The third-order valence-corrected chi connectivity index (χ3v) is 2.47. The Kier molecular flexibility index (Phi) is 3.51. The summed E-state index contributed by atoms with van der Waals surface area (Å²) in [5.41, 5.74) is -3.42. The van der Waals surface area contributed by atoms with Crippen LogP contribution in [-0.4, -0.2) is 23.5 Å². The van der Waals surface area contributed by atoms with E-state index >= 15 is 0 Å². The Balaban J connectivity index is 5.29. The van der Waals surface area contributed by atoms with Gasteiger partial charge in [0, 0.05) is 6.92 Å². The number of alkyl halides is 5. The molecular formula is C7H11F5O2. The average Bonchev–Trinajstić information content (AvgIpc) is 1.97. The lowest BCUT2D eigenvalue weighted by molar-refractivity contribution is -0.378. The van der Waals surface area contributed by atoms with Crippen molar-refractivity contribution in [2.75, 3.05) is 0 Å². The van der Waals surface area contributed by atoms with Crippen molar-refractivity contribution in [2.45, 2.75) is 39.0 Å². The zero-order chi connectivity index (χ0) is 11.8. The fourth-order valence-corrected chi connectivity index (χ4v) is 0.942. The Labute approximate surface area is 77.6 Å². The van der Waals surface area contributed by atoms with Gasteiger partial charge in [-0.2, -0.15) is 13.2 Å². The van der Waals surface area contributed by atoms with E-state index in [1.165, 1.54) is 0 Å². The molecule has 2 unspecified atom stereocenters. The summed E-state index contributed by atoms with van der Waals surface area (Å²) >= 11 is 0. The first-order valence-electron chi connectivity index (χ1n) is 3.73. The minimum atomic E-state index is -5.17. The summed E-state index contributed by atoms with van der Waals surface area (Å²) in [6.45, 7) is 1.16. The predicted molar refractivity (Wildman–Crippen MR) is 38.0 cm³/mol. The lowest BCUT2D eigenvalue weighted by Gasteiger charge is -2.39. The van der Waals surface area contributed by atoms with E-state index < -0.39 is 23.6 Å². The molecule has 0 saturated carbocycles. The van der Waals surface area contributed by atoms with Gasteiger partial charge in [0.25, 0.3) is 5.92 Å². The molecule has 0 heterocycles. The molecule has 0 aromatic carbocycles. The molecule has 0 aliphatic carbocycles. The van der Waals surface area contributed by atoms with Crippen molar-refractivity contribution in [2.24, 2.45) is 5.41 Å². The third-order valence-electron chi connectivity index (χ3n) is 2.47. The standard InChI is InChI=1S/C7H11F5O2/c1-4(14-13)5(2,6(3,8)9)7(10,11)12/h4,13H,1-3H3. The maximum atomic E-state index is 12.8. The van der Waals surface area contributed by atoms with E-state index in [2.05, 4.69) is 4.89 Å². The molecule has 2 atom stereocenters. The van der Waals surface area contributed by atoms with Gasteiger partial charge >= 0.3 is 6.18 Å². The molecule has 0 bridgehead atoms. The van der Waals surface area contributed by atoms with Crippen molar-refractivity contribution >= 4 is 0 Å². The van der Waals surface area contributed by atoms with Crippen LogP contribution in [0.3, 0.4) is 0 Å². The zero-order valence-electron chi connectivity index (χ0n) is 7.82. The molecule has 86 valence electrons. The first kappa shape index (κ1) is 13.6. The average molecular weight is 222 g/mol. The van der Waals surface area contributed by atoms with Crippen LogP contribution in [0.2, 0.25) is 0 Å². The summed E-state index contributed by atoms with van der Waals surface area (Å²) in [6, 6.07) is 0. The molecule has 0 fully saturated rings. The Morgan fingerprint density at radius 2 is 1.43 bits per heavy atom. The van der Waals surface area contributed by atoms with Crippen LogP contribution in [0.4, 0.5) is 22.0 Å². The van der Waals surface area contributed by atoms with Gasteiger partial charge in [-0.1, -0.05) is 0 Å². The summed E-state index contributed by atoms with van der Waals surface area (Å²) < 4.78 is 62.7. The quantitative estimate of drug-likeness (QED) is 0.451. The molecule has 0 aromatic rings. The van der Waals surface area contributed by atoms with Crippen LogP contribution in [0, 0.1) is 5.41 Å². The fraction of sp³-hybridized carbons (Fsp3) is 1.00. The zero-order valence-corrected chi connectivity index (χ0v) is 7.82. The molecule has 0 spiro atoms. The van der Waals surface area contributed by atoms with E-state index in [0.29, 0.717) is 6.92 Å². The van der Waals surface area contributed by atoms with Crippen molar-refractivity contribution < 1.29 is 32.1 Å². The Morgan fingerprint density at radius 3 is 1.50 bits per heavy atom. The van der Waals surface area contributed by atoms with Crippen LogP contribution in [0.15, 0.2) is 0 Å². The predicted octanol–water partition coefficient (Wildman–Crippen LogP) is 3.09. The molecule has 2 nitrogen and oxygen atoms in total. The highest BCUT2D eigenvalue weighted by Crippen LogP contribution is 2.51. The molecule has 14 heavy (non-hydrogen) atoms. The van der Waals surface area contributed by atoms with E-state index in [-0.39, 0.29) is 6.92 Å². The van der Waals surface area contributed by atoms with Crippen molar-refractivity contribution in [1.29, 1.82) is 0 Å². The van der Waals surface area contributed by atoms with Crippen LogP contribution in [0.1, 0.15) is 20.8 Å². The van der Waals surface area contributed by atoms with E-state index in [1.807, 2.05) is 0 Å². The van der Waals surface area contributed by atoms with Gasteiger partial charge in [-0.05, 0) is 13.8 Å². The Hall–Kier alpha value is -0.430. The van der Waals surface area contributed by atoms with Crippen LogP contribution >= 0.6 is 0 Å². The van der Waals surface area contributed by atoms with Crippen LogP contribution < -0.4 is 0 Å². The molecule has 0 aliphatic heterocycles. The van der Waals surface area contributed by atoms with Gasteiger partial charge in [0.05, 0.1) is 0 Å². The van der Waals surface area contributed by atoms with Crippen molar-refractivity contribution in [3.63, 3.8) is 0 Å².